The molecule has 0 aromatic rings. The number of carbonyl (C=O) groups is 1. The number of thioether (sulfide) groups is 1. The third-order valence-corrected chi connectivity index (χ3v) is 4.07. The van der Waals surface area contributed by atoms with E-state index in [-0.39, 0.29) is 24.4 Å². The molecule has 1 aliphatic rings. The molecule has 1 heterocycles. The lowest BCUT2D eigenvalue weighted by Gasteiger charge is -2.21. The van der Waals surface area contributed by atoms with Crippen LogP contribution in [0, 0.1) is 5.92 Å². The Hall–Kier alpha value is -0.0100. The summed E-state index contributed by atoms with van der Waals surface area (Å²) < 4.78 is 10.9. The van der Waals surface area contributed by atoms with Crippen LogP contribution in [0.5, 0.6) is 0 Å². The Morgan fingerprint density at radius 1 is 1.48 bits per heavy atom. The number of amides is 1. The lowest BCUT2D eigenvalue weighted by Crippen LogP contribution is -2.41. The van der Waals surface area contributed by atoms with E-state index in [1.807, 2.05) is 6.26 Å². The van der Waals surface area contributed by atoms with Gasteiger partial charge in [-0.2, -0.15) is 11.8 Å². The molecule has 126 valence electrons. The average Bonchev–Trinajstić information content (AvgIpc) is 2.49. The van der Waals surface area contributed by atoms with Gasteiger partial charge in [-0.15, -0.1) is 12.4 Å². The normalized spacial score (nSPS) is 17.0. The Morgan fingerprint density at radius 3 is 2.86 bits per heavy atom. The SMILES string of the molecule is CSCC[C@H](N)C(=O)NCCCOCC1CCOCC1.Cl. The van der Waals surface area contributed by atoms with Crippen molar-refractivity contribution in [1.82, 2.24) is 5.32 Å². The minimum absolute atomic E-state index is 0. The van der Waals surface area contributed by atoms with Gasteiger partial charge in [-0.1, -0.05) is 0 Å². The molecule has 1 amide bonds. The smallest absolute Gasteiger partial charge is 0.236 e. The molecule has 21 heavy (non-hydrogen) atoms. The van der Waals surface area contributed by atoms with Crippen molar-refractivity contribution < 1.29 is 14.3 Å². The Bertz CT molecular complexity index is 267. The van der Waals surface area contributed by atoms with Crippen LogP contribution in [-0.2, 0) is 14.3 Å². The molecule has 0 aromatic carbocycles. The Kier molecular flexibility index (Phi) is 13.6. The molecule has 7 heteroatoms. The summed E-state index contributed by atoms with van der Waals surface area (Å²) in [4.78, 5) is 11.6. The summed E-state index contributed by atoms with van der Waals surface area (Å²) in [6.45, 7) is 3.86. The highest BCUT2D eigenvalue weighted by molar-refractivity contribution is 7.98. The van der Waals surface area contributed by atoms with E-state index in [9.17, 15) is 4.79 Å². The molecule has 0 bridgehead atoms. The standard InChI is InChI=1S/C14H28N2O3S.ClH/c1-20-10-5-13(15)14(17)16-6-2-7-19-11-12-3-8-18-9-4-12;/h12-13H,2-11,15H2,1H3,(H,16,17);1H/t13-;/m0./s1. The van der Waals surface area contributed by atoms with Crippen LogP contribution in [-0.4, -0.2) is 56.9 Å². The number of ether oxygens (including phenoxy) is 2. The molecule has 1 saturated heterocycles. The molecular formula is C14H29ClN2O3S. The first-order valence-corrected chi connectivity index (χ1v) is 8.81. The van der Waals surface area contributed by atoms with Crippen LogP contribution < -0.4 is 11.1 Å². The molecule has 0 aromatic heterocycles. The van der Waals surface area contributed by atoms with E-state index in [1.165, 1.54) is 0 Å². The van der Waals surface area contributed by atoms with E-state index in [4.69, 9.17) is 15.2 Å². The molecule has 1 fully saturated rings. The molecule has 0 radical (unpaired) electrons. The van der Waals surface area contributed by atoms with Gasteiger partial charge in [0.25, 0.3) is 0 Å². The van der Waals surface area contributed by atoms with Crippen molar-refractivity contribution in [2.45, 2.75) is 31.7 Å². The van der Waals surface area contributed by atoms with Crippen molar-refractivity contribution in [2.75, 3.05) is 45.0 Å². The highest BCUT2D eigenvalue weighted by Crippen LogP contribution is 2.14. The highest BCUT2D eigenvalue weighted by Gasteiger charge is 2.14. The van der Waals surface area contributed by atoms with Crippen LogP contribution in [0.15, 0.2) is 0 Å². The molecule has 0 aliphatic carbocycles. The topological polar surface area (TPSA) is 73.6 Å². The van der Waals surface area contributed by atoms with Crippen molar-refractivity contribution in [3.05, 3.63) is 0 Å². The molecule has 1 atom stereocenters. The number of nitrogens with one attached hydrogen (secondary N) is 1. The van der Waals surface area contributed by atoms with Gasteiger partial charge in [0.1, 0.15) is 0 Å². The number of hydrogen-bond donors (Lipinski definition) is 2. The number of halogens is 1. The highest BCUT2D eigenvalue weighted by atomic mass is 35.5. The van der Waals surface area contributed by atoms with Crippen molar-refractivity contribution in [3.8, 4) is 0 Å². The fraction of sp³-hybridized carbons (Fsp3) is 0.929. The predicted molar refractivity (Wildman–Crippen MR) is 90.2 cm³/mol. The lowest BCUT2D eigenvalue weighted by atomic mass is 10.0. The average molecular weight is 341 g/mol. The minimum Gasteiger partial charge on any atom is -0.381 e. The fourth-order valence-corrected chi connectivity index (χ4v) is 2.55. The van der Waals surface area contributed by atoms with E-state index in [2.05, 4.69) is 5.32 Å². The molecule has 0 spiro atoms. The molecule has 0 saturated carbocycles. The third kappa shape index (κ3) is 10.4. The zero-order valence-electron chi connectivity index (χ0n) is 12.8. The summed E-state index contributed by atoms with van der Waals surface area (Å²) in [7, 11) is 0. The molecule has 1 aliphatic heterocycles. The minimum atomic E-state index is -0.384. The van der Waals surface area contributed by atoms with Gasteiger partial charge in [0.15, 0.2) is 0 Å². The van der Waals surface area contributed by atoms with Crippen LogP contribution in [0.4, 0.5) is 0 Å². The van der Waals surface area contributed by atoms with Crippen LogP contribution in [0.2, 0.25) is 0 Å². The van der Waals surface area contributed by atoms with Crippen LogP contribution in [0.1, 0.15) is 25.7 Å². The van der Waals surface area contributed by atoms with Gasteiger partial charge in [-0.05, 0) is 43.6 Å². The predicted octanol–water partition coefficient (Wildman–Crippen LogP) is 1.44. The second kappa shape index (κ2) is 13.6. The molecule has 3 N–H and O–H groups in total. The van der Waals surface area contributed by atoms with E-state index >= 15 is 0 Å². The van der Waals surface area contributed by atoms with Gasteiger partial charge in [0.05, 0.1) is 6.04 Å². The Labute approximate surface area is 138 Å². The van der Waals surface area contributed by atoms with Crippen LogP contribution in [0.25, 0.3) is 0 Å². The summed E-state index contributed by atoms with van der Waals surface area (Å²) in [5.41, 5.74) is 5.77. The fourth-order valence-electron chi connectivity index (χ4n) is 2.06. The molecule has 5 nitrogen and oxygen atoms in total. The summed E-state index contributed by atoms with van der Waals surface area (Å²) in [6, 6.07) is -0.384. The van der Waals surface area contributed by atoms with E-state index in [0.29, 0.717) is 19.1 Å². The first kappa shape index (κ1) is 21.0. The van der Waals surface area contributed by atoms with Crippen LogP contribution in [0.3, 0.4) is 0 Å². The van der Waals surface area contributed by atoms with Gasteiger partial charge >= 0.3 is 0 Å². The van der Waals surface area contributed by atoms with Crippen LogP contribution >= 0.6 is 24.2 Å². The maximum atomic E-state index is 11.6. The number of rotatable bonds is 10. The molecule has 0 unspecified atom stereocenters. The summed E-state index contributed by atoms with van der Waals surface area (Å²) in [5.74, 6) is 1.50. The van der Waals surface area contributed by atoms with E-state index < -0.39 is 0 Å². The van der Waals surface area contributed by atoms with E-state index in [1.54, 1.807) is 11.8 Å². The first-order valence-electron chi connectivity index (χ1n) is 7.41. The number of carbonyl (C=O) groups excluding carboxylic acids is 1. The van der Waals surface area contributed by atoms with Gasteiger partial charge < -0.3 is 20.5 Å². The molecule has 1 rings (SSSR count). The lowest BCUT2D eigenvalue weighted by molar-refractivity contribution is -0.122. The first-order chi connectivity index (χ1) is 9.74. The van der Waals surface area contributed by atoms with E-state index in [0.717, 1.165) is 51.3 Å². The third-order valence-electron chi connectivity index (χ3n) is 3.43. The maximum absolute atomic E-state index is 11.6. The van der Waals surface area contributed by atoms with Gasteiger partial charge in [0.2, 0.25) is 5.91 Å². The summed E-state index contributed by atoms with van der Waals surface area (Å²) >= 11 is 1.71. The van der Waals surface area contributed by atoms with Crippen molar-refractivity contribution >= 4 is 30.1 Å². The van der Waals surface area contributed by atoms with Crippen molar-refractivity contribution in [3.63, 3.8) is 0 Å². The summed E-state index contributed by atoms with van der Waals surface area (Å²) in [6.07, 6.45) is 5.78. The Morgan fingerprint density at radius 2 is 2.19 bits per heavy atom. The number of hydrogen-bond acceptors (Lipinski definition) is 5. The van der Waals surface area contributed by atoms with Crippen molar-refractivity contribution in [2.24, 2.45) is 11.7 Å². The quantitative estimate of drug-likeness (QED) is 0.589. The largest absolute Gasteiger partial charge is 0.381 e. The summed E-state index contributed by atoms with van der Waals surface area (Å²) in [5, 5.41) is 2.86. The number of nitrogens with two attached hydrogens (primary N) is 1. The zero-order valence-corrected chi connectivity index (χ0v) is 14.5. The maximum Gasteiger partial charge on any atom is 0.236 e. The monoisotopic (exact) mass is 340 g/mol. The molecular weight excluding hydrogens is 312 g/mol. The van der Waals surface area contributed by atoms with Gasteiger partial charge in [-0.25, -0.2) is 0 Å². The van der Waals surface area contributed by atoms with Crippen molar-refractivity contribution in [1.29, 1.82) is 0 Å². The second-order valence-corrected chi connectivity index (χ2v) is 6.15. The Balaban J connectivity index is 0.00000400. The van der Waals surface area contributed by atoms with Gasteiger partial charge in [0, 0.05) is 33.0 Å². The zero-order chi connectivity index (χ0) is 14.6. The second-order valence-electron chi connectivity index (χ2n) is 5.16. The van der Waals surface area contributed by atoms with Gasteiger partial charge in [-0.3, -0.25) is 4.79 Å².